The van der Waals surface area contributed by atoms with E-state index < -0.39 is 0 Å². The van der Waals surface area contributed by atoms with Crippen LogP contribution in [0.3, 0.4) is 0 Å². The number of aromatic nitrogens is 4. The standard InChI is InChI=1S/C19H19BrN4OS/c1-13(2)11-24-18(15-7-9-21-10-8-15)22-23-19(24)26-12-17(25)14-3-5-16(20)6-4-14/h3-10,13H,11-12H2,1-2H3. The summed E-state index contributed by atoms with van der Waals surface area (Å²) < 4.78 is 3.04. The molecule has 0 N–H and O–H groups in total. The summed E-state index contributed by atoms with van der Waals surface area (Å²) in [6, 6.07) is 11.2. The molecule has 0 bridgehead atoms. The van der Waals surface area contributed by atoms with Crippen LogP contribution < -0.4 is 0 Å². The Hall–Kier alpha value is -1.99. The molecule has 3 rings (SSSR count). The van der Waals surface area contributed by atoms with Crippen molar-refractivity contribution >= 4 is 33.5 Å². The summed E-state index contributed by atoms with van der Waals surface area (Å²) in [5.41, 5.74) is 1.67. The summed E-state index contributed by atoms with van der Waals surface area (Å²) in [6.45, 7) is 5.09. The molecule has 0 radical (unpaired) electrons. The van der Waals surface area contributed by atoms with Gasteiger partial charge in [0.2, 0.25) is 0 Å². The van der Waals surface area contributed by atoms with E-state index in [-0.39, 0.29) is 5.78 Å². The van der Waals surface area contributed by atoms with E-state index in [0.29, 0.717) is 17.2 Å². The first kappa shape index (κ1) is 18.8. The Bertz CT molecular complexity index is 878. The fourth-order valence-corrected chi connectivity index (χ4v) is 3.60. The molecule has 2 heterocycles. The molecule has 0 unspecified atom stereocenters. The fraction of sp³-hybridized carbons (Fsp3) is 0.263. The lowest BCUT2D eigenvalue weighted by Crippen LogP contribution is -2.09. The molecule has 0 spiro atoms. The smallest absolute Gasteiger partial charge is 0.191 e. The molecular weight excluding hydrogens is 412 g/mol. The van der Waals surface area contributed by atoms with Crippen LogP contribution in [0.1, 0.15) is 24.2 Å². The maximum atomic E-state index is 12.4. The van der Waals surface area contributed by atoms with Crippen molar-refractivity contribution < 1.29 is 4.79 Å². The third-order valence-corrected chi connectivity index (χ3v) is 5.20. The van der Waals surface area contributed by atoms with Gasteiger partial charge in [0, 0.05) is 34.5 Å². The summed E-state index contributed by atoms with van der Waals surface area (Å²) in [4.78, 5) is 16.5. The number of ketones is 1. The first-order valence-electron chi connectivity index (χ1n) is 8.29. The van der Waals surface area contributed by atoms with Crippen molar-refractivity contribution in [2.45, 2.75) is 25.5 Å². The molecule has 0 fully saturated rings. The molecule has 3 aromatic rings. The molecule has 7 heteroatoms. The SMILES string of the molecule is CC(C)Cn1c(SCC(=O)c2ccc(Br)cc2)nnc1-c1ccncc1. The lowest BCUT2D eigenvalue weighted by molar-refractivity contribution is 0.102. The molecule has 134 valence electrons. The quantitative estimate of drug-likeness (QED) is 0.400. The van der Waals surface area contributed by atoms with Crippen molar-refractivity contribution in [2.75, 3.05) is 5.75 Å². The van der Waals surface area contributed by atoms with Crippen molar-refractivity contribution in [3.05, 3.63) is 58.8 Å². The second-order valence-corrected chi connectivity index (χ2v) is 8.12. The molecule has 0 atom stereocenters. The summed E-state index contributed by atoms with van der Waals surface area (Å²) in [5, 5.41) is 9.43. The minimum Gasteiger partial charge on any atom is -0.302 e. The topological polar surface area (TPSA) is 60.7 Å². The van der Waals surface area contributed by atoms with Crippen LogP contribution in [0.2, 0.25) is 0 Å². The lowest BCUT2D eigenvalue weighted by atomic mass is 10.2. The van der Waals surface area contributed by atoms with E-state index in [1.54, 1.807) is 12.4 Å². The minimum absolute atomic E-state index is 0.0760. The third-order valence-electron chi connectivity index (χ3n) is 3.70. The highest BCUT2D eigenvalue weighted by molar-refractivity contribution is 9.10. The van der Waals surface area contributed by atoms with Gasteiger partial charge in [-0.1, -0.05) is 53.7 Å². The zero-order valence-electron chi connectivity index (χ0n) is 14.6. The van der Waals surface area contributed by atoms with Crippen LogP contribution in [0, 0.1) is 5.92 Å². The van der Waals surface area contributed by atoms with Gasteiger partial charge >= 0.3 is 0 Å². The normalized spacial score (nSPS) is 11.1. The maximum Gasteiger partial charge on any atom is 0.191 e. The van der Waals surface area contributed by atoms with E-state index in [0.717, 1.165) is 27.6 Å². The first-order valence-corrected chi connectivity index (χ1v) is 10.1. The van der Waals surface area contributed by atoms with Gasteiger partial charge in [-0.15, -0.1) is 10.2 Å². The Morgan fingerprint density at radius 2 is 1.81 bits per heavy atom. The molecule has 0 saturated heterocycles. The Morgan fingerprint density at radius 3 is 2.46 bits per heavy atom. The van der Waals surface area contributed by atoms with Crippen molar-refractivity contribution in [1.29, 1.82) is 0 Å². The van der Waals surface area contributed by atoms with Gasteiger partial charge in [-0.3, -0.25) is 9.78 Å². The second kappa shape index (κ2) is 8.60. The number of Topliss-reactive ketones (excluding diaryl/α,β-unsaturated/α-hetero) is 1. The lowest BCUT2D eigenvalue weighted by Gasteiger charge is -2.12. The van der Waals surface area contributed by atoms with Crippen molar-refractivity contribution in [2.24, 2.45) is 5.92 Å². The Labute approximate surface area is 165 Å². The fourth-order valence-electron chi connectivity index (χ4n) is 2.49. The Morgan fingerprint density at radius 1 is 1.12 bits per heavy atom. The van der Waals surface area contributed by atoms with Crippen molar-refractivity contribution in [1.82, 2.24) is 19.7 Å². The number of rotatable bonds is 7. The van der Waals surface area contributed by atoms with E-state index in [1.165, 1.54) is 11.8 Å². The van der Waals surface area contributed by atoms with Crippen LogP contribution in [-0.2, 0) is 6.54 Å². The van der Waals surface area contributed by atoms with E-state index >= 15 is 0 Å². The maximum absolute atomic E-state index is 12.4. The predicted molar refractivity (Wildman–Crippen MR) is 107 cm³/mol. The summed E-state index contributed by atoms with van der Waals surface area (Å²) in [6.07, 6.45) is 3.49. The van der Waals surface area contributed by atoms with E-state index in [1.807, 2.05) is 36.4 Å². The summed E-state index contributed by atoms with van der Waals surface area (Å²) >= 11 is 4.81. The number of carbonyl (C=O) groups is 1. The molecular formula is C19H19BrN4OS. The molecule has 0 aliphatic carbocycles. The largest absolute Gasteiger partial charge is 0.302 e. The molecule has 26 heavy (non-hydrogen) atoms. The number of benzene rings is 1. The van der Waals surface area contributed by atoms with Gasteiger partial charge in [-0.25, -0.2) is 0 Å². The van der Waals surface area contributed by atoms with Crippen LogP contribution >= 0.6 is 27.7 Å². The Kier molecular flexibility index (Phi) is 6.21. The molecule has 0 saturated carbocycles. The Balaban J connectivity index is 1.80. The number of hydrogen-bond donors (Lipinski definition) is 0. The van der Waals surface area contributed by atoms with Crippen LogP contribution in [0.25, 0.3) is 11.4 Å². The average molecular weight is 431 g/mol. The highest BCUT2D eigenvalue weighted by Gasteiger charge is 2.17. The number of thioether (sulfide) groups is 1. The minimum atomic E-state index is 0.0760. The zero-order valence-corrected chi connectivity index (χ0v) is 17.0. The zero-order chi connectivity index (χ0) is 18.5. The molecule has 0 amide bonds. The van der Waals surface area contributed by atoms with Gasteiger partial charge in [-0.05, 0) is 30.2 Å². The van der Waals surface area contributed by atoms with E-state index in [4.69, 9.17) is 0 Å². The van der Waals surface area contributed by atoms with Crippen molar-refractivity contribution in [3.63, 3.8) is 0 Å². The summed E-state index contributed by atoms with van der Waals surface area (Å²) in [5.74, 6) is 1.65. The molecule has 2 aromatic heterocycles. The average Bonchev–Trinajstić information content (AvgIpc) is 3.03. The predicted octanol–water partition coefficient (Wildman–Crippen LogP) is 4.73. The molecule has 5 nitrogen and oxygen atoms in total. The number of pyridine rings is 1. The van der Waals surface area contributed by atoms with Crippen LogP contribution in [-0.4, -0.2) is 31.3 Å². The third kappa shape index (κ3) is 4.59. The van der Waals surface area contributed by atoms with E-state index in [2.05, 4.69) is 49.5 Å². The summed E-state index contributed by atoms with van der Waals surface area (Å²) in [7, 11) is 0. The van der Waals surface area contributed by atoms with Crippen LogP contribution in [0.4, 0.5) is 0 Å². The van der Waals surface area contributed by atoms with Gasteiger partial charge < -0.3 is 4.57 Å². The second-order valence-electron chi connectivity index (χ2n) is 6.27. The first-order chi connectivity index (χ1) is 12.5. The molecule has 0 aliphatic heterocycles. The monoisotopic (exact) mass is 430 g/mol. The molecule has 0 aliphatic rings. The number of hydrogen-bond acceptors (Lipinski definition) is 5. The van der Waals surface area contributed by atoms with Gasteiger partial charge in [0.15, 0.2) is 16.8 Å². The highest BCUT2D eigenvalue weighted by Crippen LogP contribution is 2.25. The van der Waals surface area contributed by atoms with Gasteiger partial charge in [0.05, 0.1) is 5.75 Å². The van der Waals surface area contributed by atoms with Crippen molar-refractivity contribution in [3.8, 4) is 11.4 Å². The van der Waals surface area contributed by atoms with Crippen LogP contribution in [0.5, 0.6) is 0 Å². The van der Waals surface area contributed by atoms with Gasteiger partial charge in [0.1, 0.15) is 0 Å². The number of halogens is 1. The highest BCUT2D eigenvalue weighted by atomic mass is 79.9. The molecule has 1 aromatic carbocycles. The van der Waals surface area contributed by atoms with Gasteiger partial charge in [-0.2, -0.15) is 0 Å². The number of nitrogens with zero attached hydrogens (tertiary/aromatic N) is 4. The van der Waals surface area contributed by atoms with Crippen LogP contribution in [0.15, 0.2) is 58.4 Å². The van der Waals surface area contributed by atoms with E-state index in [9.17, 15) is 4.79 Å². The number of carbonyl (C=O) groups excluding carboxylic acids is 1. The van der Waals surface area contributed by atoms with Gasteiger partial charge in [0.25, 0.3) is 0 Å².